The molecule has 5 rings (SSSR count). The fraction of sp³-hybridized carbons (Fsp3) is 0.240. The zero-order valence-electron chi connectivity index (χ0n) is 18.0. The highest BCUT2D eigenvalue weighted by Crippen LogP contribution is 2.30. The van der Waals surface area contributed by atoms with Gasteiger partial charge in [0.2, 0.25) is 5.88 Å². The van der Waals surface area contributed by atoms with Crippen molar-refractivity contribution in [3.05, 3.63) is 87.5 Å². The first-order valence-electron chi connectivity index (χ1n) is 10.8. The van der Waals surface area contributed by atoms with Gasteiger partial charge in [0.05, 0.1) is 5.52 Å². The fourth-order valence-electron chi connectivity index (χ4n) is 4.20. The lowest BCUT2D eigenvalue weighted by Crippen LogP contribution is -2.40. The molecule has 168 valence electrons. The maximum Gasteiger partial charge on any atom is 0.420 e. The number of aromatic nitrogens is 2. The third-order valence-corrected chi connectivity index (χ3v) is 6.16. The summed E-state index contributed by atoms with van der Waals surface area (Å²) in [6, 6.07) is 16.1. The number of benzene rings is 2. The summed E-state index contributed by atoms with van der Waals surface area (Å²) in [6.45, 7) is 3.00. The number of ether oxygens (including phenoxy) is 1. The van der Waals surface area contributed by atoms with Crippen LogP contribution in [0.1, 0.15) is 34.8 Å². The van der Waals surface area contributed by atoms with Gasteiger partial charge in [0.1, 0.15) is 11.3 Å². The molecule has 1 aliphatic heterocycles. The van der Waals surface area contributed by atoms with Gasteiger partial charge in [0.15, 0.2) is 5.58 Å². The van der Waals surface area contributed by atoms with Gasteiger partial charge in [-0.1, -0.05) is 29.3 Å². The van der Waals surface area contributed by atoms with Crippen molar-refractivity contribution in [2.24, 2.45) is 0 Å². The number of likely N-dealkylation sites (tertiary alicyclic amines) is 1. The Labute approximate surface area is 195 Å². The van der Waals surface area contributed by atoms with Gasteiger partial charge < -0.3 is 14.1 Å². The van der Waals surface area contributed by atoms with E-state index in [0.717, 1.165) is 5.56 Å². The van der Waals surface area contributed by atoms with Gasteiger partial charge in [0.25, 0.3) is 5.91 Å². The van der Waals surface area contributed by atoms with Crippen LogP contribution in [0.15, 0.2) is 70.0 Å². The minimum atomic E-state index is -0.405. The van der Waals surface area contributed by atoms with Crippen LogP contribution in [0.3, 0.4) is 0 Å². The number of pyridine rings is 1. The predicted octanol–water partition coefficient (Wildman–Crippen LogP) is 5.22. The second kappa shape index (κ2) is 8.75. The van der Waals surface area contributed by atoms with Crippen LogP contribution in [0.25, 0.3) is 11.1 Å². The van der Waals surface area contributed by atoms with E-state index in [9.17, 15) is 9.59 Å². The summed E-state index contributed by atoms with van der Waals surface area (Å²) in [5.41, 5.74) is 2.72. The van der Waals surface area contributed by atoms with E-state index in [1.165, 1.54) is 0 Å². The molecule has 1 amide bonds. The molecule has 8 heteroatoms. The Bertz CT molecular complexity index is 1370. The van der Waals surface area contributed by atoms with Crippen LogP contribution in [-0.2, 0) is 0 Å². The standard InChI is InChI=1S/C25H22ClN3O4/c1-16-4-7-19(8-5-16)32-23-20(3-2-12-27-23)24(30)28-13-10-18(11-14-28)29-21-15-17(26)6-9-22(21)33-25(29)31/h2-9,12,15,18H,10-11,13-14H2,1H3. The molecule has 0 spiro atoms. The maximum atomic E-state index is 13.3. The number of halogens is 1. The summed E-state index contributed by atoms with van der Waals surface area (Å²) >= 11 is 6.12. The number of nitrogens with zero attached hydrogens (tertiary/aromatic N) is 3. The normalized spacial score (nSPS) is 14.5. The number of aryl methyl sites for hydroxylation is 1. The number of carbonyl (C=O) groups excluding carboxylic acids is 1. The molecule has 33 heavy (non-hydrogen) atoms. The monoisotopic (exact) mass is 463 g/mol. The van der Waals surface area contributed by atoms with Crippen molar-refractivity contribution < 1.29 is 13.9 Å². The SMILES string of the molecule is Cc1ccc(Oc2ncccc2C(=O)N2CCC(n3c(=O)oc4ccc(Cl)cc43)CC2)cc1. The summed E-state index contributed by atoms with van der Waals surface area (Å²) in [6.07, 6.45) is 2.86. The molecule has 2 aromatic carbocycles. The van der Waals surface area contributed by atoms with E-state index in [2.05, 4.69) is 4.98 Å². The molecular weight excluding hydrogens is 442 g/mol. The Morgan fingerprint density at radius 3 is 2.64 bits per heavy atom. The number of oxazole rings is 1. The third-order valence-electron chi connectivity index (χ3n) is 5.93. The maximum absolute atomic E-state index is 13.3. The molecule has 0 aliphatic carbocycles. The Morgan fingerprint density at radius 1 is 1.12 bits per heavy atom. The number of rotatable bonds is 4. The second-order valence-electron chi connectivity index (χ2n) is 8.14. The average molecular weight is 464 g/mol. The molecule has 1 saturated heterocycles. The molecule has 0 saturated carbocycles. The zero-order valence-corrected chi connectivity index (χ0v) is 18.8. The zero-order chi connectivity index (χ0) is 22.9. The number of hydrogen-bond donors (Lipinski definition) is 0. The smallest absolute Gasteiger partial charge is 0.420 e. The molecule has 3 heterocycles. The highest BCUT2D eigenvalue weighted by Gasteiger charge is 2.29. The lowest BCUT2D eigenvalue weighted by Gasteiger charge is -2.32. The van der Waals surface area contributed by atoms with Gasteiger partial charge >= 0.3 is 5.76 Å². The predicted molar refractivity (Wildman–Crippen MR) is 125 cm³/mol. The van der Waals surface area contributed by atoms with Crippen molar-refractivity contribution in [2.75, 3.05) is 13.1 Å². The van der Waals surface area contributed by atoms with Crippen LogP contribution in [-0.4, -0.2) is 33.4 Å². The average Bonchev–Trinajstić information content (AvgIpc) is 3.15. The molecule has 0 radical (unpaired) electrons. The molecule has 4 aromatic rings. The van der Waals surface area contributed by atoms with Crippen LogP contribution >= 0.6 is 11.6 Å². The van der Waals surface area contributed by atoms with Crippen molar-refractivity contribution in [1.82, 2.24) is 14.5 Å². The first kappa shape index (κ1) is 21.3. The molecule has 0 bridgehead atoms. The van der Waals surface area contributed by atoms with Crippen molar-refractivity contribution in [1.29, 1.82) is 0 Å². The lowest BCUT2D eigenvalue weighted by atomic mass is 10.0. The highest BCUT2D eigenvalue weighted by atomic mass is 35.5. The number of amides is 1. The van der Waals surface area contributed by atoms with Gasteiger partial charge in [-0.15, -0.1) is 0 Å². The second-order valence-corrected chi connectivity index (χ2v) is 8.58. The van der Waals surface area contributed by atoms with Gasteiger partial charge in [0, 0.05) is 30.4 Å². The summed E-state index contributed by atoms with van der Waals surface area (Å²) in [5, 5.41) is 0.544. The summed E-state index contributed by atoms with van der Waals surface area (Å²) < 4.78 is 12.9. The number of piperidine rings is 1. The summed E-state index contributed by atoms with van der Waals surface area (Å²) in [7, 11) is 0. The van der Waals surface area contributed by atoms with Gasteiger partial charge in [-0.25, -0.2) is 9.78 Å². The Hall–Kier alpha value is -3.58. The van der Waals surface area contributed by atoms with E-state index in [1.807, 2.05) is 31.2 Å². The molecule has 2 aromatic heterocycles. The van der Waals surface area contributed by atoms with Crippen LogP contribution in [0.5, 0.6) is 11.6 Å². The fourth-order valence-corrected chi connectivity index (χ4v) is 4.37. The van der Waals surface area contributed by atoms with E-state index >= 15 is 0 Å². The largest absolute Gasteiger partial charge is 0.438 e. The highest BCUT2D eigenvalue weighted by molar-refractivity contribution is 6.31. The van der Waals surface area contributed by atoms with E-state index in [-0.39, 0.29) is 17.8 Å². The quantitative estimate of drug-likeness (QED) is 0.414. The van der Waals surface area contributed by atoms with Crippen molar-refractivity contribution in [3.63, 3.8) is 0 Å². The summed E-state index contributed by atoms with van der Waals surface area (Å²) in [5.74, 6) is 0.353. The molecule has 7 nitrogen and oxygen atoms in total. The number of fused-ring (bicyclic) bond motifs is 1. The number of hydrogen-bond acceptors (Lipinski definition) is 5. The molecular formula is C25H22ClN3O4. The minimum Gasteiger partial charge on any atom is -0.438 e. The van der Waals surface area contributed by atoms with E-state index in [1.54, 1.807) is 46.0 Å². The molecule has 0 atom stereocenters. The van der Waals surface area contributed by atoms with Crippen LogP contribution < -0.4 is 10.5 Å². The minimum absolute atomic E-state index is 0.0709. The molecule has 1 fully saturated rings. The van der Waals surface area contributed by atoms with Gasteiger partial charge in [-0.05, 0) is 62.2 Å². The van der Waals surface area contributed by atoms with E-state index in [4.69, 9.17) is 20.8 Å². The Morgan fingerprint density at radius 2 is 1.88 bits per heavy atom. The van der Waals surface area contributed by atoms with Gasteiger partial charge in [-0.3, -0.25) is 9.36 Å². The third kappa shape index (κ3) is 4.24. The van der Waals surface area contributed by atoms with Crippen LogP contribution in [0, 0.1) is 6.92 Å². The van der Waals surface area contributed by atoms with Crippen molar-refractivity contribution in [2.45, 2.75) is 25.8 Å². The first-order chi connectivity index (χ1) is 16.0. The van der Waals surface area contributed by atoms with Crippen LogP contribution in [0.2, 0.25) is 5.02 Å². The van der Waals surface area contributed by atoms with E-state index < -0.39 is 5.76 Å². The van der Waals surface area contributed by atoms with Crippen molar-refractivity contribution in [3.8, 4) is 11.6 Å². The summed E-state index contributed by atoms with van der Waals surface area (Å²) in [4.78, 5) is 31.8. The van der Waals surface area contributed by atoms with E-state index in [0.29, 0.717) is 53.4 Å². The van der Waals surface area contributed by atoms with Gasteiger partial charge in [-0.2, -0.15) is 0 Å². The number of carbonyl (C=O) groups is 1. The Balaban J connectivity index is 1.33. The molecule has 0 N–H and O–H groups in total. The topological polar surface area (TPSA) is 77.6 Å². The van der Waals surface area contributed by atoms with Crippen LogP contribution in [0.4, 0.5) is 0 Å². The molecule has 1 aliphatic rings. The van der Waals surface area contributed by atoms with Crippen molar-refractivity contribution >= 4 is 28.6 Å². The molecule has 0 unspecified atom stereocenters. The first-order valence-corrected chi connectivity index (χ1v) is 11.2. The lowest BCUT2D eigenvalue weighted by molar-refractivity contribution is 0.0690. The Kier molecular flexibility index (Phi) is 5.64.